The quantitative estimate of drug-likeness (QED) is 0.427. The molecule has 15 heavy (non-hydrogen) atoms. The van der Waals surface area contributed by atoms with Crippen molar-refractivity contribution >= 4 is 16.3 Å². The first-order chi connectivity index (χ1) is 6.72. The first kappa shape index (κ1) is 16.7. The predicted molar refractivity (Wildman–Crippen MR) is 50.6 cm³/mol. The molecule has 0 saturated heterocycles. The highest BCUT2D eigenvalue weighted by Gasteiger charge is 2.04. The summed E-state index contributed by atoms with van der Waals surface area (Å²) in [5.74, 6) is -0.122. The van der Waals surface area contributed by atoms with Gasteiger partial charge in [0.15, 0.2) is 0 Å². The van der Waals surface area contributed by atoms with E-state index in [-0.39, 0.29) is 19.1 Å². The largest absolute Gasteiger partial charge is 0.395 e. The number of aliphatic hydroxyl groups excluding tert-OH is 2. The second-order valence-electron chi connectivity index (χ2n) is 2.40. The van der Waals surface area contributed by atoms with Gasteiger partial charge in [-0.3, -0.25) is 13.9 Å². The fourth-order valence-electron chi connectivity index (χ4n) is 0.668. The number of nitrogens with zero attached hydrogens (tertiary/aromatic N) is 1. The number of hydrogen-bond acceptors (Lipinski definition) is 5. The fourth-order valence-corrected chi connectivity index (χ4v) is 0.668. The first-order valence-electron chi connectivity index (χ1n) is 3.89. The van der Waals surface area contributed by atoms with Crippen LogP contribution in [0.15, 0.2) is 0 Å². The van der Waals surface area contributed by atoms with E-state index in [9.17, 15) is 4.79 Å². The third-order valence-electron chi connectivity index (χ3n) is 1.19. The smallest absolute Gasteiger partial charge is 0.394 e. The summed E-state index contributed by atoms with van der Waals surface area (Å²) in [6, 6.07) is 0. The van der Waals surface area contributed by atoms with Crippen LogP contribution in [-0.2, 0) is 15.2 Å². The van der Waals surface area contributed by atoms with E-state index in [1.54, 1.807) is 0 Å². The number of aliphatic hydroxyl groups is 2. The lowest BCUT2D eigenvalue weighted by Gasteiger charge is -2.17. The molecule has 0 bridgehead atoms. The molecule has 0 aromatic carbocycles. The Morgan fingerprint density at radius 3 is 1.53 bits per heavy atom. The van der Waals surface area contributed by atoms with E-state index in [1.165, 1.54) is 11.8 Å². The van der Waals surface area contributed by atoms with Gasteiger partial charge < -0.3 is 15.1 Å². The Bertz CT molecular complexity index is 249. The monoisotopic (exact) mass is 245 g/mol. The molecule has 0 aliphatic carbocycles. The first-order valence-corrected chi connectivity index (χ1v) is 5.29. The van der Waals surface area contributed by atoms with E-state index in [0.717, 1.165) is 0 Å². The van der Waals surface area contributed by atoms with Crippen LogP contribution in [0.4, 0.5) is 0 Å². The fraction of sp³-hybridized carbons (Fsp3) is 0.833. The summed E-state index contributed by atoms with van der Waals surface area (Å²) in [6.07, 6.45) is 0. The highest BCUT2D eigenvalue weighted by Crippen LogP contribution is 1.86. The molecular weight excluding hydrogens is 230 g/mol. The van der Waals surface area contributed by atoms with Crippen molar-refractivity contribution < 1.29 is 32.5 Å². The van der Waals surface area contributed by atoms with E-state index in [2.05, 4.69) is 0 Å². The molecular formula is C6H15NO7S. The van der Waals surface area contributed by atoms with Gasteiger partial charge in [0, 0.05) is 20.0 Å². The van der Waals surface area contributed by atoms with E-state index >= 15 is 0 Å². The summed E-state index contributed by atoms with van der Waals surface area (Å²) < 4.78 is 31.6. The minimum atomic E-state index is -4.67. The van der Waals surface area contributed by atoms with Gasteiger partial charge in [0.25, 0.3) is 0 Å². The van der Waals surface area contributed by atoms with Crippen molar-refractivity contribution in [3.05, 3.63) is 0 Å². The van der Waals surface area contributed by atoms with Crippen LogP contribution in [0, 0.1) is 0 Å². The van der Waals surface area contributed by atoms with Crippen molar-refractivity contribution in [2.75, 3.05) is 26.3 Å². The molecule has 0 rings (SSSR count). The third-order valence-corrected chi connectivity index (χ3v) is 1.19. The van der Waals surface area contributed by atoms with Crippen molar-refractivity contribution in [3.63, 3.8) is 0 Å². The zero-order valence-electron chi connectivity index (χ0n) is 8.20. The van der Waals surface area contributed by atoms with Crippen LogP contribution in [0.3, 0.4) is 0 Å². The van der Waals surface area contributed by atoms with Gasteiger partial charge in [0.05, 0.1) is 13.2 Å². The van der Waals surface area contributed by atoms with Crippen LogP contribution in [0.1, 0.15) is 6.92 Å². The van der Waals surface area contributed by atoms with E-state index in [1.807, 2.05) is 0 Å². The van der Waals surface area contributed by atoms with Crippen molar-refractivity contribution in [1.29, 1.82) is 0 Å². The normalized spacial score (nSPS) is 10.2. The molecule has 4 N–H and O–H groups in total. The number of carbonyl (C=O) groups excluding carboxylic acids is 1. The minimum Gasteiger partial charge on any atom is -0.395 e. The zero-order chi connectivity index (χ0) is 12.5. The summed E-state index contributed by atoms with van der Waals surface area (Å²) in [7, 11) is -4.67. The summed E-state index contributed by atoms with van der Waals surface area (Å²) in [5.41, 5.74) is 0. The summed E-state index contributed by atoms with van der Waals surface area (Å²) in [4.78, 5) is 12.0. The molecule has 0 aromatic heterocycles. The minimum absolute atomic E-state index is 0.0560. The van der Waals surface area contributed by atoms with Crippen LogP contribution in [0.25, 0.3) is 0 Å². The molecule has 1 amide bonds. The van der Waals surface area contributed by atoms with Gasteiger partial charge in [-0.05, 0) is 0 Å². The van der Waals surface area contributed by atoms with Crippen molar-refractivity contribution in [2.24, 2.45) is 0 Å². The number of carbonyl (C=O) groups is 1. The highest BCUT2D eigenvalue weighted by molar-refractivity contribution is 7.79. The molecule has 9 heteroatoms. The van der Waals surface area contributed by atoms with Gasteiger partial charge in [-0.1, -0.05) is 0 Å². The maximum Gasteiger partial charge on any atom is 0.394 e. The zero-order valence-corrected chi connectivity index (χ0v) is 9.01. The average Bonchev–Trinajstić information content (AvgIpc) is 2.00. The molecule has 0 heterocycles. The van der Waals surface area contributed by atoms with Crippen molar-refractivity contribution in [2.45, 2.75) is 6.92 Å². The molecule has 0 radical (unpaired) electrons. The Hall–Kier alpha value is -0.740. The van der Waals surface area contributed by atoms with Crippen LogP contribution in [-0.4, -0.2) is 64.8 Å². The van der Waals surface area contributed by atoms with Crippen LogP contribution < -0.4 is 0 Å². The number of amides is 1. The molecule has 0 aromatic rings. The Labute approximate surface area is 87.7 Å². The molecule has 0 spiro atoms. The Morgan fingerprint density at radius 1 is 1.13 bits per heavy atom. The van der Waals surface area contributed by atoms with Crippen molar-refractivity contribution in [3.8, 4) is 0 Å². The molecule has 0 fully saturated rings. The lowest BCUT2D eigenvalue weighted by Crippen LogP contribution is -2.33. The lowest BCUT2D eigenvalue weighted by molar-refractivity contribution is -0.129. The van der Waals surface area contributed by atoms with E-state index in [0.29, 0.717) is 13.1 Å². The van der Waals surface area contributed by atoms with Gasteiger partial charge in [0.2, 0.25) is 5.91 Å². The molecule has 8 nitrogen and oxygen atoms in total. The summed E-state index contributed by atoms with van der Waals surface area (Å²) in [6.45, 7) is 1.90. The summed E-state index contributed by atoms with van der Waals surface area (Å²) >= 11 is 0. The van der Waals surface area contributed by atoms with Crippen LogP contribution >= 0.6 is 0 Å². The molecule has 0 atom stereocenters. The summed E-state index contributed by atoms with van der Waals surface area (Å²) in [5, 5.41) is 16.9. The molecule has 0 aliphatic heterocycles. The average molecular weight is 245 g/mol. The van der Waals surface area contributed by atoms with Gasteiger partial charge in [-0.25, -0.2) is 0 Å². The number of rotatable bonds is 4. The topological polar surface area (TPSA) is 135 Å². The standard InChI is InChI=1S/C6H13NO3.H2O4S/c1-6(10)7(2-4-8)3-5-9;1-5(2,3)4/h8-9H,2-5H2,1H3;(H2,1,2,3,4). The maximum atomic E-state index is 10.6. The maximum absolute atomic E-state index is 10.6. The predicted octanol–water partition coefficient (Wildman–Crippen LogP) is -1.83. The third kappa shape index (κ3) is 19.6. The van der Waals surface area contributed by atoms with E-state index < -0.39 is 10.4 Å². The van der Waals surface area contributed by atoms with Gasteiger partial charge in [0.1, 0.15) is 0 Å². The van der Waals surface area contributed by atoms with E-state index in [4.69, 9.17) is 27.7 Å². The van der Waals surface area contributed by atoms with Gasteiger partial charge in [-0.15, -0.1) is 0 Å². The van der Waals surface area contributed by atoms with Gasteiger partial charge >= 0.3 is 10.4 Å². The molecule has 0 aliphatic rings. The highest BCUT2D eigenvalue weighted by atomic mass is 32.3. The molecule has 0 saturated carbocycles. The number of hydrogen-bond donors (Lipinski definition) is 4. The molecule has 92 valence electrons. The Morgan fingerprint density at radius 2 is 1.40 bits per heavy atom. The Kier molecular flexibility index (Phi) is 9.52. The van der Waals surface area contributed by atoms with Crippen LogP contribution in [0.5, 0.6) is 0 Å². The van der Waals surface area contributed by atoms with Gasteiger partial charge in [-0.2, -0.15) is 8.42 Å². The molecule has 0 unspecified atom stereocenters. The lowest BCUT2D eigenvalue weighted by atomic mass is 10.4. The SMILES string of the molecule is CC(=O)N(CCO)CCO.O=S(=O)(O)O. The second-order valence-corrected chi connectivity index (χ2v) is 3.30. The second kappa shape index (κ2) is 8.56. The van der Waals surface area contributed by atoms with Crippen molar-refractivity contribution in [1.82, 2.24) is 4.90 Å². The van der Waals surface area contributed by atoms with Crippen LogP contribution in [0.2, 0.25) is 0 Å². The Balaban J connectivity index is 0.